The van der Waals surface area contributed by atoms with E-state index in [1.54, 1.807) is 6.07 Å². The molecular weight excluding hydrogens is 228 g/mol. The standard InChI is InChI=1S/C11H16N2O2.ClH/c1-2-13-11(14)8-15-10-5-3-4-9(6-10)7-12;/h3-6H,2,7-8,12H2,1H3,(H,13,14);1H. The van der Waals surface area contributed by atoms with Gasteiger partial charge in [-0.2, -0.15) is 0 Å². The molecule has 0 spiro atoms. The average Bonchev–Trinajstić information content (AvgIpc) is 2.27. The fourth-order valence-electron chi connectivity index (χ4n) is 1.16. The van der Waals surface area contributed by atoms with Crippen molar-refractivity contribution in [3.63, 3.8) is 0 Å². The monoisotopic (exact) mass is 244 g/mol. The molecule has 0 bridgehead atoms. The predicted molar refractivity (Wildman–Crippen MR) is 65.8 cm³/mol. The molecule has 0 aliphatic rings. The van der Waals surface area contributed by atoms with Crippen molar-refractivity contribution in [3.8, 4) is 5.75 Å². The van der Waals surface area contributed by atoms with E-state index in [-0.39, 0.29) is 24.9 Å². The third kappa shape index (κ3) is 5.00. The van der Waals surface area contributed by atoms with Crippen LogP contribution in [0.2, 0.25) is 0 Å². The molecule has 0 heterocycles. The fourth-order valence-corrected chi connectivity index (χ4v) is 1.16. The summed E-state index contributed by atoms with van der Waals surface area (Å²) in [6, 6.07) is 7.41. The van der Waals surface area contributed by atoms with Crippen molar-refractivity contribution in [3.05, 3.63) is 29.8 Å². The molecule has 0 fully saturated rings. The summed E-state index contributed by atoms with van der Waals surface area (Å²) >= 11 is 0. The Morgan fingerprint density at radius 3 is 2.88 bits per heavy atom. The summed E-state index contributed by atoms with van der Waals surface area (Å²) in [5, 5.41) is 2.66. The van der Waals surface area contributed by atoms with Crippen molar-refractivity contribution in [1.82, 2.24) is 5.32 Å². The van der Waals surface area contributed by atoms with Gasteiger partial charge in [-0.1, -0.05) is 12.1 Å². The van der Waals surface area contributed by atoms with E-state index in [9.17, 15) is 4.79 Å². The Balaban J connectivity index is 0.00000225. The Kier molecular flexibility index (Phi) is 7.33. The van der Waals surface area contributed by atoms with E-state index in [4.69, 9.17) is 10.5 Å². The van der Waals surface area contributed by atoms with Crippen LogP contribution >= 0.6 is 12.4 Å². The van der Waals surface area contributed by atoms with Crippen molar-refractivity contribution in [2.24, 2.45) is 5.73 Å². The second kappa shape index (κ2) is 7.96. The van der Waals surface area contributed by atoms with Crippen LogP contribution in [0.1, 0.15) is 12.5 Å². The van der Waals surface area contributed by atoms with Crippen LogP contribution in [0.3, 0.4) is 0 Å². The van der Waals surface area contributed by atoms with Crippen LogP contribution in [0.15, 0.2) is 24.3 Å². The van der Waals surface area contributed by atoms with Gasteiger partial charge in [0.2, 0.25) is 0 Å². The lowest BCUT2D eigenvalue weighted by molar-refractivity contribution is -0.122. The number of amides is 1. The van der Waals surface area contributed by atoms with Gasteiger partial charge in [0.15, 0.2) is 6.61 Å². The number of ether oxygens (including phenoxy) is 1. The maximum atomic E-state index is 11.1. The maximum absolute atomic E-state index is 11.1. The van der Waals surface area contributed by atoms with Gasteiger partial charge in [0.05, 0.1) is 0 Å². The molecule has 90 valence electrons. The minimum absolute atomic E-state index is 0. The Labute approximate surface area is 102 Å². The zero-order valence-electron chi connectivity index (χ0n) is 9.23. The van der Waals surface area contributed by atoms with Gasteiger partial charge in [0.1, 0.15) is 5.75 Å². The molecule has 4 nitrogen and oxygen atoms in total. The molecule has 1 aromatic carbocycles. The average molecular weight is 245 g/mol. The molecule has 1 rings (SSSR count). The lowest BCUT2D eigenvalue weighted by atomic mass is 10.2. The minimum Gasteiger partial charge on any atom is -0.484 e. The van der Waals surface area contributed by atoms with Gasteiger partial charge in [-0.05, 0) is 24.6 Å². The molecule has 0 atom stereocenters. The normalized spacial score (nSPS) is 9.12. The molecule has 0 aliphatic carbocycles. The first-order chi connectivity index (χ1) is 7.26. The number of hydrogen-bond acceptors (Lipinski definition) is 3. The van der Waals surface area contributed by atoms with Crippen LogP contribution in [0.5, 0.6) is 5.75 Å². The summed E-state index contributed by atoms with van der Waals surface area (Å²) < 4.78 is 5.30. The Bertz CT molecular complexity index is 332. The Hall–Kier alpha value is -1.26. The largest absolute Gasteiger partial charge is 0.484 e. The lowest BCUT2D eigenvalue weighted by Gasteiger charge is -2.06. The fraction of sp³-hybridized carbons (Fsp3) is 0.364. The molecule has 1 amide bonds. The van der Waals surface area contributed by atoms with Crippen LogP contribution < -0.4 is 15.8 Å². The van der Waals surface area contributed by atoms with E-state index in [0.29, 0.717) is 18.8 Å². The number of halogens is 1. The van der Waals surface area contributed by atoms with Crippen LogP contribution in [0.4, 0.5) is 0 Å². The highest BCUT2D eigenvalue weighted by Gasteiger charge is 2.00. The number of nitrogens with two attached hydrogens (primary N) is 1. The summed E-state index contributed by atoms with van der Waals surface area (Å²) in [6.07, 6.45) is 0. The lowest BCUT2D eigenvalue weighted by Crippen LogP contribution is -2.28. The SMILES string of the molecule is CCNC(=O)COc1cccc(CN)c1.Cl. The third-order valence-electron chi connectivity index (χ3n) is 1.88. The topological polar surface area (TPSA) is 64.3 Å². The van der Waals surface area contributed by atoms with Crippen molar-refractivity contribution in [1.29, 1.82) is 0 Å². The van der Waals surface area contributed by atoms with Crippen molar-refractivity contribution < 1.29 is 9.53 Å². The smallest absolute Gasteiger partial charge is 0.257 e. The van der Waals surface area contributed by atoms with Crippen molar-refractivity contribution in [2.45, 2.75) is 13.5 Å². The van der Waals surface area contributed by atoms with Crippen molar-refractivity contribution >= 4 is 18.3 Å². The van der Waals surface area contributed by atoms with E-state index in [1.807, 2.05) is 25.1 Å². The van der Waals surface area contributed by atoms with E-state index in [1.165, 1.54) is 0 Å². The zero-order chi connectivity index (χ0) is 11.1. The molecule has 16 heavy (non-hydrogen) atoms. The molecule has 5 heteroatoms. The number of carbonyl (C=O) groups is 1. The summed E-state index contributed by atoms with van der Waals surface area (Å²) in [5.41, 5.74) is 6.48. The maximum Gasteiger partial charge on any atom is 0.257 e. The summed E-state index contributed by atoms with van der Waals surface area (Å²) in [7, 11) is 0. The summed E-state index contributed by atoms with van der Waals surface area (Å²) in [5.74, 6) is 0.555. The van der Waals surface area contributed by atoms with Crippen LogP contribution in [0, 0.1) is 0 Å². The Morgan fingerprint density at radius 1 is 1.50 bits per heavy atom. The summed E-state index contributed by atoms with van der Waals surface area (Å²) in [4.78, 5) is 11.1. The molecular formula is C11H17ClN2O2. The van der Waals surface area contributed by atoms with E-state index in [2.05, 4.69) is 5.32 Å². The second-order valence-corrected chi connectivity index (χ2v) is 3.09. The van der Waals surface area contributed by atoms with Crippen LogP contribution in [-0.2, 0) is 11.3 Å². The highest BCUT2D eigenvalue weighted by Crippen LogP contribution is 2.12. The van der Waals surface area contributed by atoms with Crippen LogP contribution in [0.25, 0.3) is 0 Å². The first-order valence-corrected chi connectivity index (χ1v) is 4.94. The van der Waals surface area contributed by atoms with Gasteiger partial charge in [0.25, 0.3) is 5.91 Å². The number of carbonyl (C=O) groups excluding carboxylic acids is 1. The van der Waals surface area contributed by atoms with Gasteiger partial charge in [-0.15, -0.1) is 12.4 Å². The molecule has 0 saturated heterocycles. The van der Waals surface area contributed by atoms with E-state index >= 15 is 0 Å². The van der Waals surface area contributed by atoms with Gasteiger partial charge in [-0.3, -0.25) is 4.79 Å². The number of likely N-dealkylation sites (N-methyl/N-ethyl adjacent to an activating group) is 1. The van der Waals surface area contributed by atoms with Gasteiger partial charge >= 0.3 is 0 Å². The van der Waals surface area contributed by atoms with E-state index < -0.39 is 0 Å². The quantitative estimate of drug-likeness (QED) is 0.815. The number of nitrogens with one attached hydrogen (secondary N) is 1. The first-order valence-electron chi connectivity index (χ1n) is 4.94. The molecule has 0 unspecified atom stereocenters. The predicted octanol–water partition coefficient (Wildman–Crippen LogP) is 1.08. The molecule has 3 N–H and O–H groups in total. The first kappa shape index (κ1) is 14.7. The molecule has 1 aromatic rings. The Morgan fingerprint density at radius 2 is 2.25 bits per heavy atom. The van der Waals surface area contributed by atoms with Gasteiger partial charge in [0, 0.05) is 13.1 Å². The highest BCUT2D eigenvalue weighted by molar-refractivity contribution is 5.85. The number of rotatable bonds is 5. The minimum atomic E-state index is -0.115. The highest BCUT2D eigenvalue weighted by atomic mass is 35.5. The third-order valence-corrected chi connectivity index (χ3v) is 1.88. The summed E-state index contributed by atoms with van der Waals surface area (Å²) in [6.45, 7) is 3.00. The van der Waals surface area contributed by atoms with Crippen molar-refractivity contribution in [2.75, 3.05) is 13.2 Å². The van der Waals surface area contributed by atoms with Gasteiger partial charge < -0.3 is 15.8 Å². The molecule has 0 radical (unpaired) electrons. The second-order valence-electron chi connectivity index (χ2n) is 3.09. The zero-order valence-corrected chi connectivity index (χ0v) is 10.0. The van der Waals surface area contributed by atoms with Gasteiger partial charge in [-0.25, -0.2) is 0 Å². The van der Waals surface area contributed by atoms with Crippen LogP contribution in [-0.4, -0.2) is 19.1 Å². The molecule has 0 aromatic heterocycles. The number of benzene rings is 1. The molecule has 0 aliphatic heterocycles. The number of hydrogen-bond donors (Lipinski definition) is 2. The molecule has 0 saturated carbocycles. The van der Waals surface area contributed by atoms with E-state index in [0.717, 1.165) is 5.56 Å².